The summed E-state index contributed by atoms with van der Waals surface area (Å²) < 4.78 is 48.5. The minimum absolute atomic E-state index is 0.0140. The average Bonchev–Trinajstić information content (AvgIpc) is 3.47. The topological polar surface area (TPSA) is 110 Å². The molecule has 6 rings (SSSR count). The minimum atomic E-state index is -4.62. The number of amides is 3. The molecule has 3 aromatic heterocycles. The molecule has 0 radical (unpaired) electrons. The van der Waals surface area contributed by atoms with Crippen LogP contribution in [-0.4, -0.2) is 99.9 Å². The Morgan fingerprint density at radius 2 is 1.83 bits per heavy atom. The van der Waals surface area contributed by atoms with E-state index in [1.807, 2.05) is 37.1 Å². The predicted molar refractivity (Wildman–Crippen MR) is 170 cm³/mol. The van der Waals surface area contributed by atoms with E-state index in [4.69, 9.17) is 4.74 Å². The zero-order valence-corrected chi connectivity index (χ0v) is 26.7. The molecule has 1 saturated heterocycles. The molecule has 0 unspecified atom stereocenters. The van der Waals surface area contributed by atoms with Crippen molar-refractivity contribution < 1.29 is 27.5 Å². The molecule has 3 amide bonds. The fraction of sp³-hybridized carbons (Fsp3) is 0.394. The van der Waals surface area contributed by atoms with E-state index >= 15 is 0 Å². The second-order valence-electron chi connectivity index (χ2n) is 12.4. The zero-order chi connectivity index (χ0) is 33.5. The molecule has 0 bridgehead atoms. The van der Waals surface area contributed by atoms with Crippen LogP contribution in [0.4, 0.5) is 23.7 Å². The number of nitrogens with zero attached hydrogens (tertiary/aromatic N) is 6. The van der Waals surface area contributed by atoms with E-state index in [1.165, 1.54) is 11.1 Å². The number of alkyl halides is 3. The maximum atomic E-state index is 14.1. The van der Waals surface area contributed by atoms with Crippen LogP contribution in [0.1, 0.15) is 39.8 Å². The number of carbonyl (C=O) groups excluding carboxylic acids is 2. The van der Waals surface area contributed by atoms with Gasteiger partial charge in [0.15, 0.2) is 0 Å². The molecule has 0 saturated carbocycles. The smallest absolute Gasteiger partial charge is 0.418 e. The van der Waals surface area contributed by atoms with Crippen LogP contribution in [0.15, 0.2) is 48.8 Å². The third-order valence-corrected chi connectivity index (χ3v) is 8.68. The normalized spacial score (nSPS) is 17.4. The summed E-state index contributed by atoms with van der Waals surface area (Å²) in [6, 6.07) is 9.31. The summed E-state index contributed by atoms with van der Waals surface area (Å²) in [7, 11) is 5.32. The first-order chi connectivity index (χ1) is 22.4. The Morgan fingerprint density at radius 3 is 2.55 bits per heavy atom. The molecule has 0 spiro atoms. The number of fused-ring (bicyclic) bond motifs is 2. The maximum absolute atomic E-state index is 14.1. The molecule has 1 aromatic carbocycles. The van der Waals surface area contributed by atoms with E-state index in [2.05, 4.69) is 25.2 Å². The van der Waals surface area contributed by atoms with E-state index in [9.17, 15) is 22.8 Å². The summed E-state index contributed by atoms with van der Waals surface area (Å²) in [5.74, 6) is 0.844. The number of benzene rings is 1. The molecule has 14 heteroatoms. The fourth-order valence-electron chi connectivity index (χ4n) is 5.97. The molecule has 11 nitrogen and oxygen atoms in total. The minimum Gasteiger partial charge on any atom is -0.457 e. The number of carbonyl (C=O) groups is 2. The van der Waals surface area contributed by atoms with Crippen molar-refractivity contribution >= 4 is 28.7 Å². The van der Waals surface area contributed by atoms with Crippen LogP contribution in [0.25, 0.3) is 11.0 Å². The van der Waals surface area contributed by atoms with Crippen LogP contribution in [0.2, 0.25) is 0 Å². The van der Waals surface area contributed by atoms with Gasteiger partial charge in [0, 0.05) is 65.6 Å². The number of halogens is 3. The predicted octanol–water partition coefficient (Wildman–Crippen LogP) is 5.20. The maximum Gasteiger partial charge on any atom is 0.418 e. The van der Waals surface area contributed by atoms with Crippen molar-refractivity contribution in [3.63, 3.8) is 0 Å². The van der Waals surface area contributed by atoms with Gasteiger partial charge in [-0.05, 0) is 61.9 Å². The summed E-state index contributed by atoms with van der Waals surface area (Å²) in [4.78, 5) is 44.5. The summed E-state index contributed by atoms with van der Waals surface area (Å²) in [6.07, 6.45) is -1.18. The highest BCUT2D eigenvalue weighted by Crippen LogP contribution is 2.35. The number of piperazine rings is 1. The molecular weight excluding hydrogens is 613 g/mol. The number of H-pyrrole nitrogens is 1. The van der Waals surface area contributed by atoms with Gasteiger partial charge >= 0.3 is 12.2 Å². The first kappa shape index (κ1) is 32.3. The van der Waals surface area contributed by atoms with Gasteiger partial charge in [-0.3, -0.25) is 14.7 Å². The van der Waals surface area contributed by atoms with Gasteiger partial charge in [-0.15, -0.1) is 0 Å². The van der Waals surface area contributed by atoms with Crippen molar-refractivity contribution in [2.24, 2.45) is 0 Å². The number of aromatic nitrogens is 3. The Bertz CT molecular complexity index is 1800. The van der Waals surface area contributed by atoms with Crippen molar-refractivity contribution in [1.82, 2.24) is 34.6 Å². The van der Waals surface area contributed by atoms with Crippen LogP contribution in [-0.2, 0) is 25.7 Å². The Labute approximate surface area is 270 Å². The van der Waals surface area contributed by atoms with Gasteiger partial charge in [0.2, 0.25) is 0 Å². The van der Waals surface area contributed by atoms with Gasteiger partial charge in [0.1, 0.15) is 22.8 Å². The molecule has 1 fully saturated rings. The molecule has 2 aliphatic heterocycles. The van der Waals surface area contributed by atoms with Gasteiger partial charge < -0.3 is 29.7 Å². The van der Waals surface area contributed by atoms with Gasteiger partial charge in [-0.25, -0.2) is 9.78 Å². The van der Waals surface area contributed by atoms with Crippen molar-refractivity contribution in [2.75, 3.05) is 52.6 Å². The molecule has 2 N–H and O–H groups in total. The summed E-state index contributed by atoms with van der Waals surface area (Å²) in [5, 5.41) is 3.29. The van der Waals surface area contributed by atoms with E-state index in [-0.39, 0.29) is 36.4 Å². The van der Waals surface area contributed by atoms with Gasteiger partial charge in [0.25, 0.3) is 5.91 Å². The number of urea groups is 1. The fourth-order valence-corrected chi connectivity index (χ4v) is 5.97. The first-order valence-electron chi connectivity index (χ1n) is 15.4. The number of nitrogens with one attached hydrogen (secondary N) is 2. The highest BCUT2D eigenvalue weighted by molar-refractivity contribution is 5.98. The van der Waals surface area contributed by atoms with E-state index in [1.54, 1.807) is 37.3 Å². The van der Waals surface area contributed by atoms with Crippen molar-refractivity contribution in [3.05, 3.63) is 76.9 Å². The second-order valence-corrected chi connectivity index (χ2v) is 12.4. The third kappa shape index (κ3) is 7.03. The van der Waals surface area contributed by atoms with Crippen LogP contribution in [0.5, 0.6) is 11.5 Å². The number of ether oxygens (including phenoxy) is 1. The van der Waals surface area contributed by atoms with E-state index < -0.39 is 17.8 Å². The quantitative estimate of drug-likeness (QED) is 0.296. The first-order valence-corrected chi connectivity index (χ1v) is 15.4. The molecular formula is C33H37F3N8O3. The SMILES string of the molecule is C[C@@H]1Cc2ccc(Oc3ccnc4[nH]c(C(=O)N(C)C)cc34)cc2CN1C(=O)Nc1cnc(CN2CCN(C)CC2)c(C(F)(F)F)c1. The molecule has 248 valence electrons. The molecule has 2 aliphatic rings. The Kier molecular flexibility index (Phi) is 8.81. The average molecular weight is 651 g/mol. The molecule has 47 heavy (non-hydrogen) atoms. The van der Waals surface area contributed by atoms with Crippen LogP contribution in [0, 0.1) is 0 Å². The van der Waals surface area contributed by atoms with Crippen LogP contribution < -0.4 is 10.1 Å². The van der Waals surface area contributed by atoms with Crippen LogP contribution >= 0.6 is 0 Å². The van der Waals surface area contributed by atoms with Crippen molar-refractivity contribution in [1.29, 1.82) is 0 Å². The van der Waals surface area contributed by atoms with Gasteiger partial charge in [0.05, 0.1) is 28.5 Å². The second kappa shape index (κ2) is 12.8. The number of rotatable bonds is 6. The van der Waals surface area contributed by atoms with E-state index in [0.29, 0.717) is 47.7 Å². The highest BCUT2D eigenvalue weighted by Gasteiger charge is 2.36. The number of anilines is 1. The van der Waals surface area contributed by atoms with Crippen LogP contribution in [0.3, 0.4) is 0 Å². The molecule has 5 heterocycles. The van der Waals surface area contributed by atoms with Crippen molar-refractivity contribution in [3.8, 4) is 11.5 Å². The summed E-state index contributed by atoms with van der Waals surface area (Å²) in [6.45, 7) is 5.10. The van der Waals surface area contributed by atoms with Gasteiger partial charge in [-0.1, -0.05) is 6.07 Å². The number of pyridine rings is 2. The van der Waals surface area contributed by atoms with E-state index in [0.717, 1.165) is 30.3 Å². The lowest BCUT2D eigenvalue weighted by Gasteiger charge is -2.35. The largest absolute Gasteiger partial charge is 0.457 e. The lowest BCUT2D eigenvalue weighted by molar-refractivity contribution is -0.138. The number of hydrogen-bond acceptors (Lipinski definition) is 7. The molecule has 1 atom stereocenters. The number of hydrogen-bond donors (Lipinski definition) is 2. The lowest BCUT2D eigenvalue weighted by Crippen LogP contribution is -2.45. The number of aromatic amines is 1. The standard InChI is InChI=1S/C33H37F3N8O3/c1-20-13-21-5-6-24(47-29-7-8-37-30-25(29)16-27(40-30)31(45)41(2)3)14-22(21)18-44(20)32(46)39-23-15-26(33(34,35)36)28(38-17-23)19-43-11-9-42(4)10-12-43/h5-8,14-17,20H,9-13,18-19H2,1-4H3,(H,37,40)(H,39,46)/t20-/m1/s1. The number of likely N-dealkylation sites (N-methyl/N-ethyl adjacent to an activating group) is 1. The highest BCUT2D eigenvalue weighted by atomic mass is 19.4. The zero-order valence-electron chi connectivity index (χ0n) is 26.7. The monoisotopic (exact) mass is 650 g/mol. The molecule has 0 aliphatic carbocycles. The van der Waals surface area contributed by atoms with Crippen molar-refractivity contribution in [2.45, 2.75) is 38.7 Å². The Morgan fingerprint density at radius 1 is 1.06 bits per heavy atom. The third-order valence-electron chi connectivity index (χ3n) is 8.68. The summed E-state index contributed by atoms with van der Waals surface area (Å²) >= 11 is 0. The lowest BCUT2D eigenvalue weighted by atomic mass is 9.95. The summed E-state index contributed by atoms with van der Waals surface area (Å²) in [5.41, 5.74) is 1.88. The Hall–Kier alpha value is -4.69. The van der Waals surface area contributed by atoms with Gasteiger partial charge in [-0.2, -0.15) is 13.2 Å². The molecule has 4 aromatic rings. The Balaban J connectivity index is 1.17.